The zero-order valence-electron chi connectivity index (χ0n) is 10.3. The van der Waals surface area contributed by atoms with Crippen LogP contribution in [0.25, 0.3) is 11.0 Å². The smallest absolute Gasteiger partial charge is 0.178 e. The van der Waals surface area contributed by atoms with Gasteiger partial charge in [0.2, 0.25) is 0 Å². The number of fused-ring (bicyclic) bond motifs is 1. The van der Waals surface area contributed by atoms with Crippen LogP contribution in [0.5, 0.6) is 0 Å². The quantitative estimate of drug-likeness (QED) is 0.828. The molecule has 0 aromatic carbocycles. The van der Waals surface area contributed by atoms with Crippen molar-refractivity contribution in [2.75, 3.05) is 19.6 Å². The second-order valence-corrected chi connectivity index (χ2v) is 4.39. The highest BCUT2D eigenvalue weighted by molar-refractivity contribution is 7.71. The highest BCUT2D eigenvalue weighted by Crippen LogP contribution is 2.12. The van der Waals surface area contributed by atoms with Gasteiger partial charge in [0.1, 0.15) is 0 Å². The number of hydrogen-bond acceptors (Lipinski definition) is 3. The SMILES string of the molecule is CCN(CC)CCn1c(=S)[nH]c2cnccc21. The molecule has 2 aromatic heterocycles. The van der Waals surface area contributed by atoms with E-state index in [0.717, 1.165) is 42.0 Å². The summed E-state index contributed by atoms with van der Waals surface area (Å²) in [5.41, 5.74) is 2.15. The van der Waals surface area contributed by atoms with Crippen LogP contribution in [0, 0.1) is 4.77 Å². The molecule has 0 bridgehead atoms. The number of pyridine rings is 1. The number of imidazole rings is 1. The number of rotatable bonds is 5. The summed E-state index contributed by atoms with van der Waals surface area (Å²) in [4.78, 5) is 9.67. The summed E-state index contributed by atoms with van der Waals surface area (Å²) in [6.07, 6.45) is 3.62. The van der Waals surface area contributed by atoms with Gasteiger partial charge in [-0.3, -0.25) is 4.98 Å². The lowest BCUT2D eigenvalue weighted by atomic mass is 10.4. The molecule has 0 radical (unpaired) electrons. The third-order valence-corrected chi connectivity index (χ3v) is 3.43. The molecule has 1 N–H and O–H groups in total. The molecule has 0 atom stereocenters. The number of nitrogens with one attached hydrogen (secondary N) is 1. The fourth-order valence-corrected chi connectivity index (χ4v) is 2.31. The van der Waals surface area contributed by atoms with Crippen molar-refractivity contribution in [1.29, 1.82) is 0 Å². The van der Waals surface area contributed by atoms with Gasteiger partial charge in [-0.15, -0.1) is 0 Å². The Labute approximate surface area is 106 Å². The zero-order chi connectivity index (χ0) is 12.3. The molecule has 2 heterocycles. The number of H-pyrrole nitrogens is 1. The van der Waals surface area contributed by atoms with Crippen LogP contribution in [-0.2, 0) is 6.54 Å². The predicted octanol–water partition coefficient (Wildman–Crippen LogP) is 2.44. The van der Waals surface area contributed by atoms with Gasteiger partial charge >= 0.3 is 0 Å². The molecule has 2 aromatic rings. The molecule has 92 valence electrons. The van der Waals surface area contributed by atoms with Gasteiger partial charge in [0.05, 0.1) is 17.2 Å². The van der Waals surface area contributed by atoms with Gasteiger partial charge in [0.15, 0.2) is 4.77 Å². The molecule has 4 nitrogen and oxygen atoms in total. The summed E-state index contributed by atoms with van der Waals surface area (Å²) in [7, 11) is 0. The van der Waals surface area contributed by atoms with Gasteiger partial charge in [0, 0.05) is 19.3 Å². The number of likely N-dealkylation sites (N-methyl/N-ethyl adjacent to an activating group) is 1. The van der Waals surface area contributed by atoms with E-state index in [9.17, 15) is 0 Å². The normalized spacial score (nSPS) is 11.5. The summed E-state index contributed by atoms with van der Waals surface area (Å²) in [6, 6.07) is 2.00. The lowest BCUT2D eigenvalue weighted by Crippen LogP contribution is -2.27. The minimum absolute atomic E-state index is 0.778. The molecule has 0 saturated heterocycles. The van der Waals surface area contributed by atoms with Crippen molar-refractivity contribution < 1.29 is 0 Å². The molecule has 0 aliphatic heterocycles. The molecule has 0 unspecified atom stereocenters. The number of hydrogen-bond donors (Lipinski definition) is 1. The minimum Gasteiger partial charge on any atom is -0.329 e. The summed E-state index contributed by atoms with van der Waals surface area (Å²) in [5.74, 6) is 0. The molecule has 5 heteroatoms. The highest BCUT2D eigenvalue weighted by Gasteiger charge is 2.05. The van der Waals surface area contributed by atoms with E-state index < -0.39 is 0 Å². The van der Waals surface area contributed by atoms with E-state index in [1.54, 1.807) is 6.20 Å². The molecule has 0 spiro atoms. The van der Waals surface area contributed by atoms with E-state index >= 15 is 0 Å². The Morgan fingerprint density at radius 1 is 1.41 bits per heavy atom. The lowest BCUT2D eigenvalue weighted by Gasteiger charge is -2.18. The maximum absolute atomic E-state index is 5.34. The second kappa shape index (κ2) is 5.42. The topological polar surface area (TPSA) is 36.9 Å². The predicted molar refractivity (Wildman–Crippen MR) is 72.7 cm³/mol. The maximum atomic E-state index is 5.34. The van der Waals surface area contributed by atoms with Gasteiger partial charge in [-0.1, -0.05) is 13.8 Å². The minimum atomic E-state index is 0.778. The third kappa shape index (κ3) is 2.56. The van der Waals surface area contributed by atoms with E-state index in [0.29, 0.717) is 0 Å². The monoisotopic (exact) mass is 250 g/mol. The summed E-state index contributed by atoms with van der Waals surface area (Å²) < 4.78 is 2.92. The zero-order valence-corrected chi connectivity index (χ0v) is 11.1. The van der Waals surface area contributed by atoms with Crippen molar-refractivity contribution >= 4 is 23.3 Å². The Morgan fingerprint density at radius 2 is 2.18 bits per heavy atom. The van der Waals surface area contributed by atoms with Crippen molar-refractivity contribution in [3.05, 3.63) is 23.2 Å². The average molecular weight is 250 g/mol. The van der Waals surface area contributed by atoms with Crippen LogP contribution in [0.15, 0.2) is 18.5 Å². The van der Waals surface area contributed by atoms with E-state index in [4.69, 9.17) is 12.2 Å². The Morgan fingerprint density at radius 3 is 2.88 bits per heavy atom. The van der Waals surface area contributed by atoms with E-state index in [1.165, 1.54) is 0 Å². The van der Waals surface area contributed by atoms with E-state index in [1.807, 2.05) is 12.3 Å². The highest BCUT2D eigenvalue weighted by atomic mass is 32.1. The van der Waals surface area contributed by atoms with E-state index in [2.05, 4.69) is 33.3 Å². The summed E-state index contributed by atoms with van der Waals surface area (Å²) in [6.45, 7) is 8.46. The van der Waals surface area contributed by atoms with Crippen molar-refractivity contribution in [3.63, 3.8) is 0 Å². The number of nitrogens with zero attached hydrogens (tertiary/aromatic N) is 3. The van der Waals surface area contributed by atoms with Crippen LogP contribution in [0.3, 0.4) is 0 Å². The standard InChI is InChI=1S/C12H18N4S/c1-3-15(4-2)7-8-16-11-5-6-13-9-10(11)14-12(16)17/h5-6,9H,3-4,7-8H2,1-2H3,(H,14,17). The first-order chi connectivity index (χ1) is 8.26. The van der Waals surface area contributed by atoms with Gasteiger partial charge in [-0.05, 0) is 31.4 Å². The number of aromatic amines is 1. The largest absolute Gasteiger partial charge is 0.329 e. The first-order valence-electron chi connectivity index (χ1n) is 6.01. The summed E-state index contributed by atoms with van der Waals surface area (Å²) >= 11 is 5.34. The third-order valence-electron chi connectivity index (χ3n) is 3.11. The van der Waals surface area contributed by atoms with Gasteiger partial charge < -0.3 is 14.5 Å². The van der Waals surface area contributed by atoms with Crippen molar-refractivity contribution in [3.8, 4) is 0 Å². The first kappa shape index (κ1) is 12.3. The molecule has 0 aliphatic rings. The Kier molecular flexibility index (Phi) is 3.91. The molecule has 0 saturated carbocycles. The second-order valence-electron chi connectivity index (χ2n) is 4.00. The molecule has 0 fully saturated rings. The molecule has 17 heavy (non-hydrogen) atoms. The fraction of sp³-hybridized carbons (Fsp3) is 0.500. The van der Waals surface area contributed by atoms with E-state index in [-0.39, 0.29) is 0 Å². The fourth-order valence-electron chi connectivity index (χ4n) is 2.01. The van der Waals surface area contributed by atoms with Crippen LogP contribution in [0.4, 0.5) is 0 Å². The maximum Gasteiger partial charge on any atom is 0.178 e. The van der Waals surface area contributed by atoms with Crippen LogP contribution in [-0.4, -0.2) is 39.1 Å². The first-order valence-corrected chi connectivity index (χ1v) is 6.42. The Bertz CT molecular complexity index is 539. The molecular formula is C12H18N4S. The number of aromatic nitrogens is 3. The Hall–Kier alpha value is -1.20. The van der Waals surface area contributed by atoms with Crippen LogP contribution in [0.2, 0.25) is 0 Å². The van der Waals surface area contributed by atoms with Gasteiger partial charge in [-0.2, -0.15) is 0 Å². The van der Waals surface area contributed by atoms with Crippen molar-refractivity contribution in [1.82, 2.24) is 19.4 Å². The Balaban J connectivity index is 2.23. The van der Waals surface area contributed by atoms with Crippen LogP contribution in [0.1, 0.15) is 13.8 Å². The molecule has 0 aliphatic carbocycles. The lowest BCUT2D eigenvalue weighted by molar-refractivity contribution is 0.291. The average Bonchev–Trinajstić information content (AvgIpc) is 2.67. The molecule has 0 amide bonds. The summed E-state index contributed by atoms with van der Waals surface area (Å²) in [5, 5.41) is 0. The molecule has 2 rings (SSSR count). The van der Waals surface area contributed by atoms with Crippen LogP contribution >= 0.6 is 12.2 Å². The van der Waals surface area contributed by atoms with Gasteiger partial charge in [-0.25, -0.2) is 0 Å². The van der Waals surface area contributed by atoms with Crippen LogP contribution < -0.4 is 0 Å². The molecular weight excluding hydrogens is 232 g/mol. The van der Waals surface area contributed by atoms with Gasteiger partial charge in [0.25, 0.3) is 0 Å². The van der Waals surface area contributed by atoms with Crippen molar-refractivity contribution in [2.24, 2.45) is 0 Å². The van der Waals surface area contributed by atoms with Crippen molar-refractivity contribution in [2.45, 2.75) is 20.4 Å².